The largest absolute Gasteiger partial charge is 0.329 e. The van der Waals surface area contributed by atoms with Crippen LogP contribution in [0.1, 0.15) is 37.3 Å². The molecule has 2 aliphatic carbocycles. The molecule has 0 spiro atoms. The van der Waals surface area contributed by atoms with Gasteiger partial charge in [-0.25, -0.2) is 0 Å². The van der Waals surface area contributed by atoms with Crippen molar-refractivity contribution in [2.45, 2.75) is 31.7 Å². The van der Waals surface area contributed by atoms with Crippen molar-refractivity contribution in [3.63, 3.8) is 0 Å². The molecule has 0 saturated heterocycles. The molecule has 2 saturated carbocycles. The number of hydrogen-bond acceptors (Lipinski definition) is 2. The van der Waals surface area contributed by atoms with E-state index in [4.69, 9.17) is 17.3 Å². The van der Waals surface area contributed by atoms with E-state index < -0.39 is 0 Å². The van der Waals surface area contributed by atoms with Gasteiger partial charge in [-0.2, -0.15) is 0 Å². The summed E-state index contributed by atoms with van der Waals surface area (Å²) >= 11 is 9.63. The number of benzene rings is 1. The molecule has 1 unspecified atom stereocenters. The van der Waals surface area contributed by atoms with Crippen molar-refractivity contribution in [1.82, 2.24) is 4.90 Å². The Morgan fingerprint density at radius 1 is 1.20 bits per heavy atom. The first-order valence-electron chi connectivity index (χ1n) is 7.56. The van der Waals surface area contributed by atoms with Crippen molar-refractivity contribution in [1.29, 1.82) is 0 Å². The molecule has 0 aromatic heterocycles. The zero-order valence-electron chi connectivity index (χ0n) is 11.7. The Kier molecular flexibility index (Phi) is 4.71. The summed E-state index contributed by atoms with van der Waals surface area (Å²) < 4.78 is 0.966. The summed E-state index contributed by atoms with van der Waals surface area (Å²) in [6.45, 7) is 3.09. The molecule has 1 atom stereocenters. The highest BCUT2D eigenvalue weighted by molar-refractivity contribution is 9.10. The standard InChI is InChI=1S/C16H22BrClN2/c17-14-7-13(5-6-15(14)18)16(8-19)20(9-11-1-2-11)10-12-3-4-12/h5-7,11-12,16H,1-4,8-10,19H2. The van der Waals surface area contributed by atoms with Gasteiger partial charge in [0.25, 0.3) is 0 Å². The average molecular weight is 358 g/mol. The summed E-state index contributed by atoms with van der Waals surface area (Å²) in [5, 5.41) is 0.764. The van der Waals surface area contributed by atoms with Gasteiger partial charge in [0.05, 0.1) is 5.02 Å². The fraction of sp³-hybridized carbons (Fsp3) is 0.625. The van der Waals surface area contributed by atoms with E-state index in [-0.39, 0.29) is 0 Å². The van der Waals surface area contributed by atoms with Crippen LogP contribution in [0.3, 0.4) is 0 Å². The highest BCUT2D eigenvalue weighted by atomic mass is 79.9. The van der Waals surface area contributed by atoms with E-state index in [0.29, 0.717) is 12.6 Å². The average Bonchev–Trinajstić information content (AvgIpc) is 3.30. The van der Waals surface area contributed by atoms with Crippen LogP contribution in [0, 0.1) is 11.8 Å². The van der Waals surface area contributed by atoms with Crippen molar-refractivity contribution in [3.8, 4) is 0 Å². The van der Waals surface area contributed by atoms with Crippen LogP contribution in [0.5, 0.6) is 0 Å². The zero-order valence-corrected chi connectivity index (χ0v) is 14.0. The predicted octanol–water partition coefficient (Wildman–Crippen LogP) is 4.22. The molecule has 0 bridgehead atoms. The molecule has 2 aliphatic rings. The normalized spacial score (nSPS) is 20.4. The van der Waals surface area contributed by atoms with E-state index in [9.17, 15) is 0 Å². The predicted molar refractivity (Wildman–Crippen MR) is 88.0 cm³/mol. The maximum absolute atomic E-state index is 6.11. The second kappa shape index (κ2) is 6.35. The number of nitrogens with two attached hydrogens (primary N) is 1. The fourth-order valence-corrected chi connectivity index (χ4v) is 3.32. The Hall–Kier alpha value is -0.0900. The Morgan fingerprint density at radius 3 is 2.25 bits per heavy atom. The topological polar surface area (TPSA) is 29.3 Å². The van der Waals surface area contributed by atoms with Crippen LogP contribution in [-0.2, 0) is 0 Å². The van der Waals surface area contributed by atoms with E-state index in [1.807, 2.05) is 6.07 Å². The van der Waals surface area contributed by atoms with Gasteiger partial charge in [0.15, 0.2) is 0 Å². The number of rotatable bonds is 7. The maximum atomic E-state index is 6.11. The summed E-state index contributed by atoms with van der Waals surface area (Å²) in [4.78, 5) is 2.62. The van der Waals surface area contributed by atoms with Gasteiger partial charge in [-0.3, -0.25) is 4.90 Å². The minimum Gasteiger partial charge on any atom is -0.329 e. The summed E-state index contributed by atoms with van der Waals surface area (Å²) in [6.07, 6.45) is 5.57. The third-order valence-electron chi connectivity index (χ3n) is 4.37. The minimum atomic E-state index is 0.324. The number of hydrogen-bond donors (Lipinski definition) is 1. The van der Waals surface area contributed by atoms with Crippen LogP contribution in [0.4, 0.5) is 0 Å². The highest BCUT2D eigenvalue weighted by Gasteiger charge is 2.32. The zero-order chi connectivity index (χ0) is 14.1. The van der Waals surface area contributed by atoms with E-state index >= 15 is 0 Å². The lowest BCUT2D eigenvalue weighted by Crippen LogP contribution is -2.36. The van der Waals surface area contributed by atoms with Gasteiger partial charge in [-0.05, 0) is 71.1 Å². The lowest BCUT2D eigenvalue weighted by Gasteiger charge is -2.31. The Balaban J connectivity index is 1.77. The van der Waals surface area contributed by atoms with Crippen LogP contribution in [0.2, 0.25) is 5.02 Å². The van der Waals surface area contributed by atoms with Crippen LogP contribution in [0.25, 0.3) is 0 Å². The van der Waals surface area contributed by atoms with Gasteiger partial charge in [-0.1, -0.05) is 17.7 Å². The summed E-state index contributed by atoms with van der Waals surface area (Å²) in [6, 6.07) is 6.55. The molecule has 4 heteroatoms. The van der Waals surface area contributed by atoms with Crippen molar-refractivity contribution in [2.75, 3.05) is 19.6 Å². The first kappa shape index (κ1) is 14.8. The van der Waals surface area contributed by atoms with E-state index in [1.165, 1.54) is 44.3 Å². The van der Waals surface area contributed by atoms with Gasteiger partial charge in [0.1, 0.15) is 0 Å². The van der Waals surface area contributed by atoms with Gasteiger partial charge in [0, 0.05) is 30.1 Å². The molecule has 2 nitrogen and oxygen atoms in total. The molecule has 0 amide bonds. The monoisotopic (exact) mass is 356 g/mol. The molecule has 2 N–H and O–H groups in total. The molecular weight excluding hydrogens is 336 g/mol. The van der Waals surface area contributed by atoms with E-state index in [0.717, 1.165) is 21.3 Å². The Bertz CT molecular complexity index is 458. The van der Waals surface area contributed by atoms with Crippen LogP contribution in [0.15, 0.2) is 22.7 Å². The van der Waals surface area contributed by atoms with Crippen molar-refractivity contribution >= 4 is 27.5 Å². The molecule has 3 rings (SSSR count). The maximum Gasteiger partial charge on any atom is 0.0548 e. The first-order chi connectivity index (χ1) is 9.67. The van der Waals surface area contributed by atoms with Crippen molar-refractivity contribution in [3.05, 3.63) is 33.3 Å². The Labute approximate surface area is 134 Å². The first-order valence-corrected chi connectivity index (χ1v) is 8.73. The second-order valence-electron chi connectivity index (χ2n) is 6.27. The van der Waals surface area contributed by atoms with Gasteiger partial charge in [0.2, 0.25) is 0 Å². The molecule has 0 aliphatic heterocycles. The third-order valence-corrected chi connectivity index (χ3v) is 5.59. The molecule has 20 heavy (non-hydrogen) atoms. The lowest BCUT2D eigenvalue weighted by atomic mass is 10.0. The summed E-state index contributed by atoms with van der Waals surface area (Å²) in [7, 11) is 0. The van der Waals surface area contributed by atoms with Crippen LogP contribution in [-0.4, -0.2) is 24.5 Å². The molecule has 1 aromatic carbocycles. The highest BCUT2D eigenvalue weighted by Crippen LogP contribution is 2.37. The second-order valence-corrected chi connectivity index (χ2v) is 7.53. The van der Waals surface area contributed by atoms with Gasteiger partial charge >= 0.3 is 0 Å². The summed E-state index contributed by atoms with van der Waals surface area (Å²) in [5.74, 6) is 1.80. The SMILES string of the molecule is NCC(c1ccc(Cl)c(Br)c1)N(CC1CC1)CC1CC1. The quantitative estimate of drug-likeness (QED) is 0.791. The van der Waals surface area contributed by atoms with Crippen molar-refractivity contribution in [2.24, 2.45) is 17.6 Å². The van der Waals surface area contributed by atoms with E-state index in [2.05, 4.69) is 33.0 Å². The smallest absolute Gasteiger partial charge is 0.0548 e. The molecule has 1 aromatic rings. The van der Waals surface area contributed by atoms with E-state index in [1.54, 1.807) is 0 Å². The van der Waals surface area contributed by atoms with Crippen LogP contribution >= 0.6 is 27.5 Å². The summed E-state index contributed by atoms with van der Waals surface area (Å²) in [5.41, 5.74) is 7.38. The molecular formula is C16H22BrClN2. The van der Waals surface area contributed by atoms with Crippen LogP contribution < -0.4 is 5.73 Å². The number of halogens is 2. The fourth-order valence-electron chi connectivity index (χ4n) is 2.81. The molecule has 0 heterocycles. The minimum absolute atomic E-state index is 0.324. The molecule has 110 valence electrons. The third kappa shape index (κ3) is 3.76. The Morgan fingerprint density at radius 2 is 1.80 bits per heavy atom. The molecule has 0 radical (unpaired) electrons. The molecule has 2 fully saturated rings. The lowest BCUT2D eigenvalue weighted by molar-refractivity contribution is 0.185. The van der Waals surface area contributed by atoms with Crippen molar-refractivity contribution < 1.29 is 0 Å². The van der Waals surface area contributed by atoms with Gasteiger partial charge in [-0.15, -0.1) is 0 Å². The number of nitrogens with zero attached hydrogens (tertiary/aromatic N) is 1. The van der Waals surface area contributed by atoms with Gasteiger partial charge < -0.3 is 5.73 Å².